The number of aldehydes is 1. The van der Waals surface area contributed by atoms with Crippen molar-refractivity contribution in [3.05, 3.63) is 29.3 Å². The second kappa shape index (κ2) is 3.42. The summed E-state index contributed by atoms with van der Waals surface area (Å²) in [7, 11) is 0. The maximum absolute atomic E-state index is 10.5. The van der Waals surface area contributed by atoms with Gasteiger partial charge in [-0.2, -0.15) is 0 Å². The molecular weight excluding hydrogens is 300 g/mol. The van der Waals surface area contributed by atoms with Crippen molar-refractivity contribution in [3.63, 3.8) is 0 Å². The summed E-state index contributed by atoms with van der Waals surface area (Å²) in [6.07, 6.45) is 0.835. The van der Waals surface area contributed by atoms with Gasteiger partial charge in [0.15, 0.2) is 5.01 Å². The number of hydrogen-bond acceptors (Lipinski definition) is 2. The lowest BCUT2D eigenvalue weighted by Gasteiger charge is -2.03. The van der Waals surface area contributed by atoms with Crippen molar-refractivity contribution in [3.8, 4) is 5.75 Å². The molecule has 68 valence electrons. The number of fused-ring (bicyclic) bond motifs is 1. The van der Waals surface area contributed by atoms with Gasteiger partial charge in [-0.25, -0.2) is 0 Å². The highest BCUT2D eigenvalue weighted by Gasteiger charge is 2.30. The quantitative estimate of drug-likeness (QED) is 0.589. The molecule has 0 saturated carbocycles. The minimum absolute atomic E-state index is 0.0515. The standard InChI is InChI=1S/C9H6Br2O2/c10-8-6-3-5(4-12)1-2-7(6)13-9(8)11/h1-4,8-9H/t8-,9?/m0/s1. The second-order valence-electron chi connectivity index (χ2n) is 2.79. The van der Waals surface area contributed by atoms with Gasteiger partial charge in [-0.05, 0) is 34.1 Å². The molecule has 0 N–H and O–H groups in total. The summed E-state index contributed by atoms with van der Waals surface area (Å²) in [4.78, 5) is 10.6. The number of ether oxygens (including phenoxy) is 1. The average molecular weight is 306 g/mol. The highest BCUT2D eigenvalue weighted by Crippen LogP contribution is 2.44. The minimum atomic E-state index is -0.0515. The van der Waals surface area contributed by atoms with Crippen LogP contribution in [0.2, 0.25) is 0 Å². The number of rotatable bonds is 1. The van der Waals surface area contributed by atoms with Crippen LogP contribution in [0.15, 0.2) is 18.2 Å². The molecule has 1 unspecified atom stereocenters. The van der Waals surface area contributed by atoms with Gasteiger partial charge in [0.25, 0.3) is 0 Å². The van der Waals surface area contributed by atoms with Crippen molar-refractivity contribution >= 4 is 38.1 Å². The summed E-state index contributed by atoms with van der Waals surface area (Å²) in [5, 5.41) is -0.0515. The third-order valence-corrected chi connectivity index (χ3v) is 4.34. The molecule has 1 heterocycles. The van der Waals surface area contributed by atoms with Gasteiger partial charge in [-0.3, -0.25) is 4.79 Å². The third-order valence-electron chi connectivity index (χ3n) is 1.94. The van der Waals surface area contributed by atoms with E-state index >= 15 is 0 Å². The van der Waals surface area contributed by atoms with E-state index in [1.807, 2.05) is 12.1 Å². The Morgan fingerprint density at radius 1 is 1.38 bits per heavy atom. The van der Waals surface area contributed by atoms with E-state index in [0.717, 1.165) is 17.6 Å². The third kappa shape index (κ3) is 1.53. The van der Waals surface area contributed by atoms with Crippen molar-refractivity contribution in [1.29, 1.82) is 0 Å². The predicted octanol–water partition coefficient (Wildman–Crippen LogP) is 3.05. The topological polar surface area (TPSA) is 26.3 Å². The van der Waals surface area contributed by atoms with E-state index in [9.17, 15) is 4.79 Å². The zero-order valence-corrected chi connectivity index (χ0v) is 9.71. The highest BCUT2D eigenvalue weighted by atomic mass is 79.9. The van der Waals surface area contributed by atoms with Crippen LogP contribution < -0.4 is 4.74 Å². The molecule has 0 spiro atoms. The van der Waals surface area contributed by atoms with Gasteiger partial charge in [0.2, 0.25) is 0 Å². The van der Waals surface area contributed by atoms with Crippen molar-refractivity contribution in [2.75, 3.05) is 0 Å². The van der Waals surface area contributed by atoms with Crippen LogP contribution in [0.5, 0.6) is 5.75 Å². The first-order valence-corrected chi connectivity index (χ1v) is 5.59. The van der Waals surface area contributed by atoms with Crippen LogP contribution >= 0.6 is 31.9 Å². The van der Waals surface area contributed by atoms with Crippen molar-refractivity contribution < 1.29 is 9.53 Å². The van der Waals surface area contributed by atoms with E-state index in [1.54, 1.807) is 6.07 Å². The molecule has 1 aliphatic rings. The summed E-state index contributed by atoms with van der Waals surface area (Å²) in [5.74, 6) is 0.828. The maximum atomic E-state index is 10.5. The van der Waals surface area contributed by atoms with E-state index in [2.05, 4.69) is 31.9 Å². The van der Waals surface area contributed by atoms with Gasteiger partial charge in [0.05, 0.1) is 4.83 Å². The summed E-state index contributed by atoms with van der Waals surface area (Å²) < 4.78 is 5.47. The van der Waals surface area contributed by atoms with Crippen LogP contribution in [0, 0.1) is 0 Å². The van der Waals surface area contributed by atoms with Gasteiger partial charge in [-0.15, -0.1) is 0 Å². The van der Waals surface area contributed by atoms with Gasteiger partial charge < -0.3 is 4.74 Å². The van der Waals surface area contributed by atoms with E-state index < -0.39 is 0 Å². The van der Waals surface area contributed by atoms with E-state index in [4.69, 9.17) is 4.74 Å². The molecule has 2 nitrogen and oxygen atoms in total. The molecule has 0 aliphatic carbocycles. The van der Waals surface area contributed by atoms with Crippen LogP contribution in [0.25, 0.3) is 0 Å². The predicted molar refractivity (Wildman–Crippen MR) is 56.8 cm³/mol. The van der Waals surface area contributed by atoms with Gasteiger partial charge in [0.1, 0.15) is 12.0 Å². The first kappa shape index (κ1) is 9.21. The second-order valence-corrected chi connectivity index (χ2v) is 4.67. The Kier molecular flexibility index (Phi) is 2.43. The maximum Gasteiger partial charge on any atom is 0.169 e. The number of carbonyl (C=O) groups is 1. The summed E-state index contributed by atoms with van der Waals surface area (Å²) >= 11 is 6.85. The van der Waals surface area contributed by atoms with Crippen LogP contribution in [0.4, 0.5) is 0 Å². The molecule has 1 aromatic rings. The molecule has 1 aromatic carbocycles. The molecule has 0 saturated heterocycles. The molecule has 0 radical (unpaired) electrons. The van der Waals surface area contributed by atoms with Crippen LogP contribution in [-0.2, 0) is 0 Å². The molecule has 0 aromatic heterocycles. The molecule has 2 atom stereocenters. The molecular formula is C9H6Br2O2. The van der Waals surface area contributed by atoms with E-state index in [0.29, 0.717) is 5.56 Å². The van der Waals surface area contributed by atoms with E-state index in [1.165, 1.54) is 0 Å². The monoisotopic (exact) mass is 304 g/mol. The van der Waals surface area contributed by atoms with Gasteiger partial charge in [-0.1, -0.05) is 15.9 Å². The average Bonchev–Trinajstić information content (AvgIpc) is 2.43. The van der Waals surface area contributed by atoms with Crippen LogP contribution in [0.1, 0.15) is 20.7 Å². The fourth-order valence-electron chi connectivity index (χ4n) is 1.29. The molecule has 2 rings (SSSR count). The fraction of sp³-hybridized carbons (Fsp3) is 0.222. The Morgan fingerprint density at radius 2 is 2.15 bits per heavy atom. The molecule has 13 heavy (non-hydrogen) atoms. The van der Waals surface area contributed by atoms with Crippen molar-refractivity contribution in [2.24, 2.45) is 0 Å². The van der Waals surface area contributed by atoms with Crippen molar-refractivity contribution in [2.45, 2.75) is 9.84 Å². The summed E-state index contributed by atoms with van der Waals surface area (Å²) in [5.41, 5.74) is 1.69. The van der Waals surface area contributed by atoms with E-state index in [-0.39, 0.29) is 9.84 Å². The first-order chi connectivity index (χ1) is 6.22. The Bertz CT molecular complexity index is 351. The van der Waals surface area contributed by atoms with Gasteiger partial charge in [0, 0.05) is 11.1 Å². The molecule has 1 aliphatic heterocycles. The SMILES string of the molecule is O=Cc1ccc2c(c1)[C@H](Br)C(Br)O2. The van der Waals surface area contributed by atoms with Crippen molar-refractivity contribution in [1.82, 2.24) is 0 Å². The lowest BCUT2D eigenvalue weighted by atomic mass is 10.1. The molecule has 0 bridgehead atoms. The first-order valence-electron chi connectivity index (χ1n) is 3.76. The largest absolute Gasteiger partial charge is 0.477 e. The summed E-state index contributed by atoms with van der Waals surface area (Å²) in [6.45, 7) is 0. The molecule has 0 amide bonds. The smallest absolute Gasteiger partial charge is 0.169 e. The lowest BCUT2D eigenvalue weighted by Crippen LogP contribution is -2.03. The van der Waals surface area contributed by atoms with Gasteiger partial charge >= 0.3 is 0 Å². The summed E-state index contributed by atoms with van der Waals surface area (Å²) in [6, 6.07) is 5.40. The number of alkyl halides is 2. The molecule has 4 heteroatoms. The van der Waals surface area contributed by atoms with Crippen LogP contribution in [0.3, 0.4) is 0 Å². The number of carbonyl (C=O) groups excluding carboxylic acids is 1. The Balaban J connectivity index is 2.47. The van der Waals surface area contributed by atoms with Crippen LogP contribution in [-0.4, -0.2) is 11.3 Å². The number of halogens is 2. The normalized spacial score (nSPS) is 25.1. The zero-order valence-electron chi connectivity index (χ0n) is 6.54. The molecule has 0 fully saturated rings. The zero-order chi connectivity index (χ0) is 9.42. The Morgan fingerprint density at radius 3 is 2.85 bits per heavy atom. The number of hydrogen-bond donors (Lipinski definition) is 0. The minimum Gasteiger partial charge on any atom is -0.477 e. The Labute approximate surface area is 92.5 Å². The highest BCUT2D eigenvalue weighted by molar-refractivity contribution is 9.12. The fourth-order valence-corrected chi connectivity index (χ4v) is 2.24. The Hall–Kier alpha value is -0.350. The lowest BCUT2D eigenvalue weighted by molar-refractivity contribution is 0.112. The number of benzene rings is 1.